The van der Waals surface area contributed by atoms with Gasteiger partial charge in [-0.05, 0) is 30.7 Å². The van der Waals surface area contributed by atoms with Crippen molar-refractivity contribution >= 4 is 33.4 Å². The van der Waals surface area contributed by atoms with Crippen molar-refractivity contribution in [2.45, 2.75) is 13.0 Å². The monoisotopic (exact) mass is 390 g/mol. The van der Waals surface area contributed by atoms with Gasteiger partial charge in [0.25, 0.3) is 5.91 Å². The Balaban J connectivity index is 1.67. The zero-order valence-corrected chi connectivity index (χ0v) is 15.9. The maximum absolute atomic E-state index is 12.8. The second kappa shape index (κ2) is 7.28. The smallest absolute Gasteiger partial charge is 0.262 e. The highest BCUT2D eigenvalue weighted by Crippen LogP contribution is 2.30. The predicted molar refractivity (Wildman–Crippen MR) is 110 cm³/mol. The second-order valence-electron chi connectivity index (χ2n) is 6.38. The molecule has 0 aliphatic carbocycles. The summed E-state index contributed by atoms with van der Waals surface area (Å²) in [4.78, 5) is 26.1. The van der Waals surface area contributed by atoms with Crippen molar-refractivity contribution in [2.24, 2.45) is 5.73 Å². The Morgan fingerprint density at radius 3 is 2.36 bits per heavy atom. The molecule has 0 aliphatic heterocycles. The summed E-state index contributed by atoms with van der Waals surface area (Å²) in [5, 5.41) is 8.24. The molecule has 0 spiro atoms. The van der Waals surface area contributed by atoms with Gasteiger partial charge < -0.3 is 11.1 Å². The van der Waals surface area contributed by atoms with Crippen LogP contribution in [0.3, 0.4) is 0 Å². The maximum atomic E-state index is 12.8. The summed E-state index contributed by atoms with van der Waals surface area (Å²) in [7, 11) is 0. The van der Waals surface area contributed by atoms with Crippen molar-refractivity contribution in [3.8, 4) is 5.69 Å². The SMILES string of the molecule is Cc1nn(-c2ccccc2)c2sc(C(=O)NC(C(N)=O)c3ccccc3)cc12. The predicted octanol–water partition coefficient (Wildman–Crippen LogP) is 3.35. The summed E-state index contributed by atoms with van der Waals surface area (Å²) >= 11 is 1.33. The van der Waals surface area contributed by atoms with Crippen LogP contribution in [0.4, 0.5) is 0 Å². The number of hydrogen-bond donors (Lipinski definition) is 2. The molecule has 2 amide bonds. The highest BCUT2D eigenvalue weighted by Gasteiger charge is 2.23. The largest absolute Gasteiger partial charge is 0.368 e. The number of carbonyl (C=O) groups is 2. The van der Waals surface area contributed by atoms with Gasteiger partial charge in [0.1, 0.15) is 10.9 Å². The molecule has 7 heteroatoms. The van der Waals surface area contributed by atoms with E-state index in [2.05, 4.69) is 10.4 Å². The van der Waals surface area contributed by atoms with Crippen LogP contribution in [0, 0.1) is 6.92 Å². The van der Waals surface area contributed by atoms with Crippen LogP contribution in [0.15, 0.2) is 66.7 Å². The van der Waals surface area contributed by atoms with Gasteiger partial charge in [-0.1, -0.05) is 48.5 Å². The number of para-hydroxylation sites is 1. The van der Waals surface area contributed by atoms with Crippen molar-refractivity contribution in [1.29, 1.82) is 0 Å². The number of nitrogens with two attached hydrogens (primary N) is 1. The molecule has 4 rings (SSSR count). The number of aromatic nitrogens is 2. The van der Waals surface area contributed by atoms with Gasteiger partial charge in [-0.3, -0.25) is 9.59 Å². The Kier molecular flexibility index (Phi) is 4.67. The second-order valence-corrected chi connectivity index (χ2v) is 7.41. The van der Waals surface area contributed by atoms with Gasteiger partial charge in [0, 0.05) is 5.39 Å². The van der Waals surface area contributed by atoms with E-state index in [9.17, 15) is 9.59 Å². The molecule has 2 aromatic heterocycles. The van der Waals surface area contributed by atoms with Crippen molar-refractivity contribution in [2.75, 3.05) is 0 Å². The van der Waals surface area contributed by atoms with Gasteiger partial charge in [0.05, 0.1) is 16.3 Å². The third-order valence-electron chi connectivity index (χ3n) is 4.46. The highest BCUT2D eigenvalue weighted by atomic mass is 32.1. The third-order valence-corrected chi connectivity index (χ3v) is 5.57. The summed E-state index contributed by atoms with van der Waals surface area (Å²) < 4.78 is 1.83. The number of thiophene rings is 1. The lowest BCUT2D eigenvalue weighted by atomic mass is 10.1. The lowest BCUT2D eigenvalue weighted by Gasteiger charge is -2.15. The van der Waals surface area contributed by atoms with Crippen LogP contribution in [0.1, 0.15) is 27.0 Å². The van der Waals surface area contributed by atoms with Gasteiger partial charge in [0.15, 0.2) is 0 Å². The van der Waals surface area contributed by atoms with Crippen molar-refractivity contribution < 1.29 is 9.59 Å². The molecule has 0 saturated heterocycles. The number of hydrogen-bond acceptors (Lipinski definition) is 4. The number of carbonyl (C=O) groups excluding carboxylic acids is 2. The molecular weight excluding hydrogens is 372 g/mol. The van der Waals surface area contributed by atoms with Crippen LogP contribution < -0.4 is 11.1 Å². The van der Waals surface area contributed by atoms with Crippen LogP contribution in [0.25, 0.3) is 15.9 Å². The summed E-state index contributed by atoms with van der Waals surface area (Å²) in [6, 6.07) is 19.6. The van der Waals surface area contributed by atoms with E-state index in [-0.39, 0.29) is 5.91 Å². The first-order valence-corrected chi connectivity index (χ1v) is 9.56. The van der Waals surface area contributed by atoms with E-state index >= 15 is 0 Å². The molecule has 1 unspecified atom stereocenters. The Morgan fingerprint density at radius 2 is 1.71 bits per heavy atom. The molecule has 0 fully saturated rings. The Hall–Kier alpha value is -3.45. The number of amides is 2. The molecule has 1 atom stereocenters. The first-order chi connectivity index (χ1) is 13.5. The number of benzene rings is 2. The molecule has 3 N–H and O–H groups in total. The first-order valence-electron chi connectivity index (χ1n) is 8.74. The van der Waals surface area contributed by atoms with Gasteiger partial charge in [-0.2, -0.15) is 5.10 Å². The van der Waals surface area contributed by atoms with E-state index < -0.39 is 11.9 Å². The molecule has 0 aliphatic rings. The molecule has 28 heavy (non-hydrogen) atoms. The zero-order chi connectivity index (χ0) is 19.7. The van der Waals surface area contributed by atoms with Crippen LogP contribution in [-0.4, -0.2) is 21.6 Å². The molecule has 140 valence electrons. The third kappa shape index (κ3) is 3.27. The zero-order valence-electron chi connectivity index (χ0n) is 15.1. The Labute approximate surface area is 165 Å². The molecular formula is C21H18N4O2S. The fourth-order valence-corrected chi connectivity index (χ4v) is 4.16. The Bertz CT molecular complexity index is 1150. The molecule has 6 nitrogen and oxygen atoms in total. The minimum absolute atomic E-state index is 0.340. The number of aryl methyl sites for hydroxylation is 1. The van der Waals surface area contributed by atoms with Crippen LogP contribution in [0.2, 0.25) is 0 Å². The van der Waals surface area contributed by atoms with Crippen LogP contribution in [0.5, 0.6) is 0 Å². The van der Waals surface area contributed by atoms with E-state index in [1.54, 1.807) is 30.3 Å². The summed E-state index contributed by atoms with van der Waals surface area (Å²) in [5.74, 6) is -0.944. The summed E-state index contributed by atoms with van der Waals surface area (Å²) in [6.07, 6.45) is 0. The van der Waals surface area contributed by atoms with E-state index in [0.29, 0.717) is 10.4 Å². The molecule has 0 saturated carbocycles. The molecule has 0 bridgehead atoms. The fourth-order valence-electron chi connectivity index (χ4n) is 3.07. The summed E-state index contributed by atoms with van der Waals surface area (Å²) in [6.45, 7) is 1.91. The quantitative estimate of drug-likeness (QED) is 0.548. The molecule has 0 radical (unpaired) electrons. The number of fused-ring (bicyclic) bond motifs is 1. The lowest BCUT2D eigenvalue weighted by Crippen LogP contribution is -2.37. The average Bonchev–Trinajstić information content (AvgIpc) is 3.28. The van der Waals surface area contributed by atoms with E-state index in [4.69, 9.17) is 5.73 Å². The first kappa shape index (κ1) is 17.9. The minimum atomic E-state index is -0.884. The Morgan fingerprint density at radius 1 is 1.07 bits per heavy atom. The lowest BCUT2D eigenvalue weighted by molar-refractivity contribution is -0.120. The average molecular weight is 390 g/mol. The number of nitrogens with one attached hydrogen (secondary N) is 1. The van der Waals surface area contributed by atoms with Crippen molar-refractivity contribution in [3.05, 3.63) is 82.9 Å². The van der Waals surface area contributed by atoms with E-state index in [0.717, 1.165) is 21.6 Å². The molecule has 4 aromatic rings. The van der Waals surface area contributed by atoms with Crippen molar-refractivity contribution in [3.63, 3.8) is 0 Å². The minimum Gasteiger partial charge on any atom is -0.368 e. The highest BCUT2D eigenvalue weighted by molar-refractivity contribution is 7.20. The van der Waals surface area contributed by atoms with Gasteiger partial charge in [-0.15, -0.1) is 11.3 Å². The van der Waals surface area contributed by atoms with E-state index in [1.807, 2.05) is 48.0 Å². The number of nitrogens with zero attached hydrogens (tertiary/aromatic N) is 2. The van der Waals surface area contributed by atoms with Gasteiger partial charge in [-0.25, -0.2) is 4.68 Å². The van der Waals surface area contributed by atoms with E-state index in [1.165, 1.54) is 11.3 Å². The summed E-state index contributed by atoms with van der Waals surface area (Å²) in [5.41, 5.74) is 7.92. The maximum Gasteiger partial charge on any atom is 0.262 e. The number of primary amides is 1. The molecule has 2 heterocycles. The number of rotatable bonds is 5. The van der Waals surface area contributed by atoms with Crippen LogP contribution in [-0.2, 0) is 4.79 Å². The molecule has 2 aromatic carbocycles. The van der Waals surface area contributed by atoms with Gasteiger partial charge in [0.2, 0.25) is 5.91 Å². The normalized spacial score (nSPS) is 12.0. The van der Waals surface area contributed by atoms with Gasteiger partial charge >= 0.3 is 0 Å². The fraction of sp³-hybridized carbons (Fsp3) is 0.0952. The standard InChI is InChI=1S/C21H18N4O2S/c1-13-16-12-17(28-21(16)25(24-13)15-10-6-3-7-11-15)20(27)23-18(19(22)26)14-8-4-2-5-9-14/h2-12,18H,1H3,(H2,22,26)(H,23,27). The van der Waals surface area contributed by atoms with Crippen LogP contribution >= 0.6 is 11.3 Å². The topological polar surface area (TPSA) is 90.0 Å². The van der Waals surface area contributed by atoms with Crippen molar-refractivity contribution in [1.82, 2.24) is 15.1 Å².